The monoisotopic (exact) mass is 252 g/mol. The second-order valence-corrected chi connectivity index (χ2v) is 5.28. The zero-order valence-corrected chi connectivity index (χ0v) is 10.6. The van der Waals surface area contributed by atoms with Crippen molar-refractivity contribution < 1.29 is 9.90 Å². The van der Waals surface area contributed by atoms with E-state index in [2.05, 4.69) is 22.4 Å². The number of aromatic nitrogens is 2. The number of aliphatic hydroxyl groups is 1. The average Bonchev–Trinajstić information content (AvgIpc) is 2.79. The molecule has 5 N–H and O–H groups in total. The number of nitrogens with one attached hydrogen (secondary N) is 2. The maximum Gasteiger partial charge on any atom is 0.271 e. The van der Waals surface area contributed by atoms with Crippen molar-refractivity contribution in [1.29, 1.82) is 0 Å². The molecule has 1 aromatic rings. The van der Waals surface area contributed by atoms with Gasteiger partial charge >= 0.3 is 0 Å². The van der Waals surface area contributed by atoms with Gasteiger partial charge in [0.15, 0.2) is 0 Å². The Morgan fingerprint density at radius 2 is 2.33 bits per heavy atom. The van der Waals surface area contributed by atoms with Gasteiger partial charge in [-0.1, -0.05) is 6.92 Å². The predicted octanol–water partition coefficient (Wildman–Crippen LogP) is 0.663. The molecule has 0 saturated heterocycles. The van der Waals surface area contributed by atoms with Crippen LogP contribution in [-0.2, 0) is 0 Å². The van der Waals surface area contributed by atoms with Crippen molar-refractivity contribution in [2.24, 2.45) is 5.92 Å². The van der Waals surface area contributed by atoms with Gasteiger partial charge < -0.3 is 16.2 Å². The van der Waals surface area contributed by atoms with E-state index in [4.69, 9.17) is 5.73 Å². The summed E-state index contributed by atoms with van der Waals surface area (Å²) < 4.78 is 0. The molecular weight excluding hydrogens is 232 g/mol. The number of H-pyrrole nitrogens is 1. The number of rotatable bonds is 3. The first-order chi connectivity index (χ1) is 8.56. The molecule has 1 heterocycles. The van der Waals surface area contributed by atoms with E-state index < -0.39 is 5.54 Å². The molecule has 0 bridgehead atoms. The Hall–Kier alpha value is -1.56. The first-order valence-corrected chi connectivity index (χ1v) is 6.28. The van der Waals surface area contributed by atoms with Gasteiger partial charge in [-0.05, 0) is 31.6 Å². The smallest absolute Gasteiger partial charge is 0.271 e. The van der Waals surface area contributed by atoms with Crippen LogP contribution in [0.4, 0.5) is 5.69 Å². The molecule has 0 unspecified atom stereocenters. The third-order valence-corrected chi connectivity index (χ3v) is 3.81. The van der Waals surface area contributed by atoms with Gasteiger partial charge in [0, 0.05) is 0 Å². The maximum atomic E-state index is 12.1. The minimum atomic E-state index is -0.513. The van der Waals surface area contributed by atoms with Crippen molar-refractivity contribution >= 4 is 11.6 Å². The van der Waals surface area contributed by atoms with Crippen LogP contribution in [0.1, 0.15) is 43.1 Å². The van der Waals surface area contributed by atoms with Gasteiger partial charge in [-0.3, -0.25) is 9.89 Å². The summed E-state index contributed by atoms with van der Waals surface area (Å²) in [6.45, 7) is 2.15. The van der Waals surface area contributed by atoms with Gasteiger partial charge in [-0.2, -0.15) is 5.10 Å². The average molecular weight is 252 g/mol. The SMILES string of the molecule is CC1CCC(CO)(NC(=O)c2[nH]ncc2N)CC1. The van der Waals surface area contributed by atoms with Crippen LogP contribution in [-0.4, -0.2) is 33.4 Å². The number of nitrogens with two attached hydrogens (primary N) is 1. The van der Waals surface area contributed by atoms with Crippen LogP contribution in [0.15, 0.2) is 6.20 Å². The van der Waals surface area contributed by atoms with Crippen LogP contribution in [0.3, 0.4) is 0 Å². The first-order valence-electron chi connectivity index (χ1n) is 6.28. The van der Waals surface area contributed by atoms with E-state index in [0.717, 1.165) is 25.7 Å². The topological polar surface area (TPSA) is 104 Å². The van der Waals surface area contributed by atoms with Crippen molar-refractivity contribution in [2.75, 3.05) is 12.3 Å². The molecule has 1 fully saturated rings. The summed E-state index contributed by atoms with van der Waals surface area (Å²) in [5, 5.41) is 18.8. The number of aromatic amines is 1. The molecule has 1 aliphatic rings. The minimum absolute atomic E-state index is 0.0422. The summed E-state index contributed by atoms with van der Waals surface area (Å²) in [5.41, 5.74) is 5.71. The number of carbonyl (C=O) groups excluding carboxylic acids is 1. The van der Waals surface area contributed by atoms with Crippen molar-refractivity contribution in [3.63, 3.8) is 0 Å². The van der Waals surface area contributed by atoms with E-state index in [9.17, 15) is 9.90 Å². The largest absolute Gasteiger partial charge is 0.396 e. The summed E-state index contributed by atoms with van der Waals surface area (Å²) in [7, 11) is 0. The fraction of sp³-hybridized carbons (Fsp3) is 0.667. The van der Waals surface area contributed by atoms with Crippen molar-refractivity contribution in [3.05, 3.63) is 11.9 Å². The van der Waals surface area contributed by atoms with Crippen LogP contribution >= 0.6 is 0 Å². The fourth-order valence-corrected chi connectivity index (χ4v) is 2.42. The van der Waals surface area contributed by atoms with E-state index in [1.807, 2.05) is 0 Å². The molecule has 6 nitrogen and oxygen atoms in total. The molecule has 6 heteroatoms. The third kappa shape index (κ3) is 2.48. The molecule has 0 radical (unpaired) electrons. The highest BCUT2D eigenvalue weighted by Gasteiger charge is 2.35. The zero-order valence-electron chi connectivity index (χ0n) is 10.6. The molecule has 2 rings (SSSR count). The molecule has 1 amide bonds. The lowest BCUT2D eigenvalue weighted by Crippen LogP contribution is -2.53. The number of anilines is 1. The summed E-state index contributed by atoms with van der Waals surface area (Å²) in [6, 6.07) is 0. The quantitative estimate of drug-likeness (QED) is 0.634. The summed E-state index contributed by atoms with van der Waals surface area (Å²) in [4.78, 5) is 12.1. The normalized spacial score (nSPS) is 28.0. The van der Waals surface area contributed by atoms with Crippen molar-refractivity contribution in [2.45, 2.75) is 38.1 Å². The number of nitrogens with zero attached hydrogens (tertiary/aromatic N) is 1. The summed E-state index contributed by atoms with van der Waals surface area (Å²) in [5.74, 6) is 0.354. The van der Waals surface area contributed by atoms with Crippen LogP contribution in [0.25, 0.3) is 0 Å². The molecule has 0 aromatic carbocycles. The molecule has 0 aliphatic heterocycles. The Balaban J connectivity index is 2.07. The second kappa shape index (κ2) is 4.97. The minimum Gasteiger partial charge on any atom is -0.396 e. The molecule has 1 aliphatic carbocycles. The molecule has 1 saturated carbocycles. The van der Waals surface area contributed by atoms with Gasteiger partial charge in [-0.15, -0.1) is 0 Å². The van der Waals surface area contributed by atoms with E-state index >= 15 is 0 Å². The standard InChI is InChI=1S/C12H20N4O2/c1-8-2-4-12(7-17,5-3-8)15-11(18)10-9(13)6-14-16-10/h6,8,17H,2-5,7,13H2,1H3,(H,14,16)(H,15,18). The molecular formula is C12H20N4O2. The highest BCUT2D eigenvalue weighted by molar-refractivity contribution is 5.97. The number of carbonyl (C=O) groups is 1. The highest BCUT2D eigenvalue weighted by Crippen LogP contribution is 2.31. The van der Waals surface area contributed by atoms with Crippen LogP contribution in [0.5, 0.6) is 0 Å². The van der Waals surface area contributed by atoms with Crippen molar-refractivity contribution in [1.82, 2.24) is 15.5 Å². The zero-order chi connectivity index (χ0) is 13.2. The highest BCUT2D eigenvalue weighted by atomic mass is 16.3. The molecule has 100 valence electrons. The Kier molecular flexibility index (Phi) is 3.56. The van der Waals surface area contributed by atoms with Crippen LogP contribution < -0.4 is 11.1 Å². The molecule has 1 aromatic heterocycles. The fourth-order valence-electron chi connectivity index (χ4n) is 2.42. The summed E-state index contributed by atoms with van der Waals surface area (Å²) >= 11 is 0. The van der Waals surface area contributed by atoms with Gasteiger partial charge in [0.2, 0.25) is 0 Å². The lowest BCUT2D eigenvalue weighted by Gasteiger charge is -2.38. The third-order valence-electron chi connectivity index (χ3n) is 3.81. The Morgan fingerprint density at radius 3 is 2.83 bits per heavy atom. The van der Waals surface area contributed by atoms with Gasteiger partial charge in [-0.25, -0.2) is 0 Å². The van der Waals surface area contributed by atoms with Gasteiger partial charge in [0.1, 0.15) is 5.69 Å². The lowest BCUT2D eigenvalue weighted by atomic mass is 9.77. The molecule has 0 atom stereocenters. The molecule has 0 spiro atoms. The maximum absolute atomic E-state index is 12.1. The number of hydrogen-bond acceptors (Lipinski definition) is 4. The number of nitrogen functional groups attached to an aromatic ring is 1. The molecule has 18 heavy (non-hydrogen) atoms. The number of hydrogen-bond donors (Lipinski definition) is 4. The Labute approximate surface area is 106 Å². The predicted molar refractivity (Wildman–Crippen MR) is 67.9 cm³/mol. The summed E-state index contributed by atoms with van der Waals surface area (Å²) in [6.07, 6.45) is 5.02. The van der Waals surface area contributed by atoms with E-state index in [1.165, 1.54) is 6.20 Å². The lowest BCUT2D eigenvalue weighted by molar-refractivity contribution is 0.0713. The first kappa shape index (κ1) is 12.9. The number of amides is 1. The van der Waals surface area contributed by atoms with Gasteiger partial charge in [0.25, 0.3) is 5.91 Å². The van der Waals surface area contributed by atoms with E-state index in [1.54, 1.807) is 0 Å². The number of aliphatic hydroxyl groups excluding tert-OH is 1. The van der Waals surface area contributed by atoms with Crippen LogP contribution in [0, 0.1) is 5.92 Å². The van der Waals surface area contributed by atoms with E-state index in [0.29, 0.717) is 11.6 Å². The van der Waals surface area contributed by atoms with E-state index in [-0.39, 0.29) is 18.2 Å². The Bertz CT molecular complexity index is 421. The van der Waals surface area contributed by atoms with Crippen LogP contribution in [0.2, 0.25) is 0 Å². The Morgan fingerprint density at radius 1 is 1.67 bits per heavy atom. The van der Waals surface area contributed by atoms with Crippen molar-refractivity contribution in [3.8, 4) is 0 Å². The van der Waals surface area contributed by atoms with Gasteiger partial charge in [0.05, 0.1) is 24.0 Å². The second-order valence-electron chi connectivity index (χ2n) is 5.28.